The van der Waals surface area contributed by atoms with Gasteiger partial charge >= 0.3 is 0 Å². The molecular weight excluding hydrogens is 358 g/mol. The van der Waals surface area contributed by atoms with E-state index in [1.54, 1.807) is 32.4 Å². The smallest absolute Gasteiger partial charge is 0.241 e. The number of hydrogen-bond donors (Lipinski definition) is 1. The summed E-state index contributed by atoms with van der Waals surface area (Å²) in [6.45, 7) is 1.87. The molecule has 2 aromatic heterocycles. The van der Waals surface area contributed by atoms with Crippen molar-refractivity contribution in [2.75, 3.05) is 7.11 Å². The molecule has 0 fully saturated rings. The molecule has 0 aliphatic rings. The fourth-order valence-electron chi connectivity index (χ4n) is 2.31. The summed E-state index contributed by atoms with van der Waals surface area (Å²) in [6.07, 6.45) is 1.70. The molecule has 0 saturated carbocycles. The van der Waals surface area contributed by atoms with Crippen molar-refractivity contribution in [2.24, 2.45) is 0 Å². The van der Waals surface area contributed by atoms with Crippen LogP contribution in [-0.4, -0.2) is 25.5 Å². The zero-order valence-corrected chi connectivity index (χ0v) is 15.4. The van der Waals surface area contributed by atoms with Gasteiger partial charge in [0.15, 0.2) is 0 Å². The molecule has 0 unspecified atom stereocenters. The summed E-state index contributed by atoms with van der Waals surface area (Å²) in [4.78, 5) is 8.91. The number of ether oxygens (including phenoxy) is 1. The monoisotopic (exact) mass is 375 g/mol. The van der Waals surface area contributed by atoms with Crippen molar-refractivity contribution >= 4 is 21.4 Å². The Morgan fingerprint density at radius 1 is 1.20 bits per heavy atom. The minimum absolute atomic E-state index is 0.130. The molecule has 2 heterocycles. The lowest BCUT2D eigenvalue weighted by atomic mass is 10.2. The molecule has 3 rings (SSSR count). The van der Waals surface area contributed by atoms with Gasteiger partial charge in [0, 0.05) is 11.6 Å². The lowest BCUT2D eigenvalue weighted by Gasteiger charge is -2.09. The molecule has 3 aromatic rings. The van der Waals surface area contributed by atoms with Crippen molar-refractivity contribution in [3.8, 4) is 17.1 Å². The Morgan fingerprint density at radius 3 is 2.72 bits per heavy atom. The Kier molecular flexibility index (Phi) is 5.12. The zero-order chi connectivity index (χ0) is 17.9. The first-order valence-corrected chi connectivity index (χ1v) is 9.86. The third kappa shape index (κ3) is 4.04. The molecule has 25 heavy (non-hydrogen) atoms. The molecule has 0 aliphatic heterocycles. The summed E-state index contributed by atoms with van der Waals surface area (Å²) in [5.74, 6) is 0.622. The first-order chi connectivity index (χ1) is 12.0. The highest BCUT2D eigenvalue weighted by molar-refractivity contribution is 7.89. The Balaban J connectivity index is 1.74. The molecule has 0 radical (unpaired) electrons. The molecule has 0 bridgehead atoms. The van der Waals surface area contributed by atoms with Crippen molar-refractivity contribution in [1.82, 2.24) is 14.7 Å². The van der Waals surface area contributed by atoms with Gasteiger partial charge in [0.1, 0.15) is 10.8 Å². The standard InChI is InChI=1S/C17H17N3O3S2/c1-12-9-13(23-2)6-7-16(12)25(21,22)19-10-17-20-15(11-24-17)14-5-3-4-8-18-14/h3-9,11,19H,10H2,1-2H3. The van der Waals surface area contributed by atoms with Crippen LogP contribution < -0.4 is 9.46 Å². The van der Waals surface area contributed by atoms with E-state index in [4.69, 9.17) is 4.74 Å². The quantitative estimate of drug-likeness (QED) is 0.716. The summed E-state index contributed by atoms with van der Waals surface area (Å²) in [5, 5.41) is 2.54. The summed E-state index contributed by atoms with van der Waals surface area (Å²) in [6, 6.07) is 10.4. The Morgan fingerprint density at radius 2 is 2.04 bits per heavy atom. The Hall–Kier alpha value is -2.29. The summed E-state index contributed by atoms with van der Waals surface area (Å²) in [7, 11) is -2.08. The van der Waals surface area contributed by atoms with Crippen LogP contribution in [0, 0.1) is 6.92 Å². The minimum Gasteiger partial charge on any atom is -0.497 e. The van der Waals surface area contributed by atoms with E-state index in [9.17, 15) is 8.42 Å². The molecule has 8 heteroatoms. The Labute approximate surface area is 150 Å². The number of rotatable bonds is 6. The average Bonchev–Trinajstić information content (AvgIpc) is 3.09. The van der Waals surface area contributed by atoms with Crippen molar-refractivity contribution in [3.63, 3.8) is 0 Å². The second kappa shape index (κ2) is 7.30. The molecule has 130 valence electrons. The molecular formula is C17H17N3O3S2. The van der Waals surface area contributed by atoms with Crippen LogP contribution in [0.2, 0.25) is 0 Å². The lowest BCUT2D eigenvalue weighted by Crippen LogP contribution is -2.24. The SMILES string of the molecule is COc1ccc(S(=O)(=O)NCc2nc(-c3ccccn3)cs2)c(C)c1. The third-order valence-electron chi connectivity index (χ3n) is 3.56. The molecule has 0 saturated heterocycles. The third-order valence-corrected chi connectivity index (χ3v) is 5.97. The average molecular weight is 375 g/mol. The molecule has 0 spiro atoms. The first kappa shape index (κ1) is 17.5. The van der Waals surface area contributed by atoms with Crippen molar-refractivity contribution in [1.29, 1.82) is 0 Å². The van der Waals surface area contributed by atoms with Gasteiger partial charge in [-0.15, -0.1) is 11.3 Å². The number of aromatic nitrogens is 2. The van der Waals surface area contributed by atoms with Crippen LogP contribution in [0.25, 0.3) is 11.4 Å². The van der Waals surface area contributed by atoms with Crippen LogP contribution in [-0.2, 0) is 16.6 Å². The zero-order valence-electron chi connectivity index (χ0n) is 13.8. The number of methoxy groups -OCH3 is 1. The maximum atomic E-state index is 12.5. The first-order valence-electron chi connectivity index (χ1n) is 7.50. The Bertz CT molecular complexity index is 970. The van der Waals surface area contributed by atoms with Crippen LogP contribution in [0.4, 0.5) is 0 Å². The number of sulfonamides is 1. The molecule has 0 amide bonds. The van der Waals surface area contributed by atoms with Crippen molar-refractivity contribution in [3.05, 3.63) is 58.5 Å². The van der Waals surface area contributed by atoms with Gasteiger partial charge < -0.3 is 4.74 Å². The van der Waals surface area contributed by atoms with E-state index in [-0.39, 0.29) is 11.4 Å². The second-order valence-corrected chi connectivity index (χ2v) is 7.98. The second-order valence-electron chi connectivity index (χ2n) is 5.30. The van der Waals surface area contributed by atoms with E-state index < -0.39 is 10.0 Å². The van der Waals surface area contributed by atoms with Gasteiger partial charge in [0.05, 0.1) is 29.9 Å². The van der Waals surface area contributed by atoms with E-state index in [0.29, 0.717) is 16.3 Å². The summed E-state index contributed by atoms with van der Waals surface area (Å²) < 4.78 is 32.7. The summed E-state index contributed by atoms with van der Waals surface area (Å²) in [5.41, 5.74) is 2.12. The van der Waals surface area contributed by atoms with Crippen LogP contribution in [0.15, 0.2) is 52.9 Å². The fraction of sp³-hybridized carbons (Fsp3) is 0.176. The van der Waals surface area contributed by atoms with Gasteiger partial charge in [0.2, 0.25) is 10.0 Å². The normalized spacial score (nSPS) is 11.4. The largest absolute Gasteiger partial charge is 0.497 e. The summed E-state index contributed by atoms with van der Waals surface area (Å²) >= 11 is 1.39. The maximum Gasteiger partial charge on any atom is 0.241 e. The molecule has 1 N–H and O–H groups in total. The van der Waals surface area contributed by atoms with Gasteiger partial charge in [0.25, 0.3) is 0 Å². The predicted molar refractivity (Wildman–Crippen MR) is 97.1 cm³/mol. The van der Waals surface area contributed by atoms with E-state index in [0.717, 1.165) is 11.4 Å². The maximum absolute atomic E-state index is 12.5. The van der Waals surface area contributed by atoms with Crippen LogP contribution in [0.5, 0.6) is 5.75 Å². The highest BCUT2D eigenvalue weighted by Gasteiger charge is 2.18. The highest BCUT2D eigenvalue weighted by Crippen LogP contribution is 2.22. The van der Waals surface area contributed by atoms with Crippen LogP contribution in [0.3, 0.4) is 0 Å². The van der Waals surface area contributed by atoms with Gasteiger partial charge in [-0.2, -0.15) is 0 Å². The van der Waals surface area contributed by atoms with Gasteiger partial charge in [-0.3, -0.25) is 4.98 Å². The van der Waals surface area contributed by atoms with E-state index in [2.05, 4.69) is 14.7 Å². The number of pyridine rings is 1. The number of nitrogens with zero attached hydrogens (tertiary/aromatic N) is 2. The number of thiazole rings is 1. The molecule has 6 nitrogen and oxygen atoms in total. The van der Waals surface area contributed by atoms with Crippen LogP contribution >= 0.6 is 11.3 Å². The number of aryl methyl sites for hydroxylation is 1. The van der Waals surface area contributed by atoms with E-state index in [1.807, 2.05) is 23.6 Å². The van der Waals surface area contributed by atoms with Gasteiger partial charge in [-0.25, -0.2) is 18.1 Å². The topological polar surface area (TPSA) is 81.2 Å². The minimum atomic E-state index is -3.62. The molecule has 0 aliphatic carbocycles. The van der Waals surface area contributed by atoms with Gasteiger partial charge in [-0.1, -0.05) is 6.07 Å². The molecule has 0 atom stereocenters. The highest BCUT2D eigenvalue weighted by atomic mass is 32.2. The number of hydrogen-bond acceptors (Lipinski definition) is 6. The van der Waals surface area contributed by atoms with E-state index >= 15 is 0 Å². The van der Waals surface area contributed by atoms with Gasteiger partial charge in [-0.05, 0) is 42.8 Å². The predicted octanol–water partition coefficient (Wildman–Crippen LogP) is 3.00. The molecule has 1 aromatic carbocycles. The number of nitrogens with one attached hydrogen (secondary N) is 1. The van der Waals surface area contributed by atoms with Crippen LogP contribution in [0.1, 0.15) is 10.6 Å². The van der Waals surface area contributed by atoms with E-state index in [1.165, 1.54) is 17.4 Å². The van der Waals surface area contributed by atoms with Crippen molar-refractivity contribution in [2.45, 2.75) is 18.4 Å². The van der Waals surface area contributed by atoms with Crippen molar-refractivity contribution < 1.29 is 13.2 Å². The lowest BCUT2D eigenvalue weighted by molar-refractivity contribution is 0.414. The number of benzene rings is 1. The fourth-order valence-corrected chi connectivity index (χ4v) is 4.34.